The van der Waals surface area contributed by atoms with Crippen LogP contribution in [0.5, 0.6) is 0 Å². The van der Waals surface area contributed by atoms with E-state index >= 15 is 0 Å². The van der Waals surface area contributed by atoms with E-state index in [0.29, 0.717) is 0 Å². The minimum Gasteiger partial charge on any atom is -0.294 e. The summed E-state index contributed by atoms with van der Waals surface area (Å²) in [5.74, 6) is -1.44. The van der Waals surface area contributed by atoms with Crippen molar-refractivity contribution in [3.63, 3.8) is 0 Å². The average molecular weight is 238 g/mol. The molecular weight excluding hydrogens is 231 g/mol. The number of nitrogens with zero attached hydrogens (tertiary/aromatic N) is 4. The molecule has 0 aromatic heterocycles. The zero-order valence-corrected chi connectivity index (χ0v) is 8.54. The zero-order valence-electron chi connectivity index (χ0n) is 8.54. The molecule has 7 nitrogen and oxygen atoms in total. The van der Waals surface area contributed by atoms with Crippen molar-refractivity contribution in [2.75, 3.05) is 6.54 Å². The first-order valence-electron chi connectivity index (χ1n) is 4.54. The number of halogens is 1. The van der Waals surface area contributed by atoms with E-state index < -0.39 is 22.2 Å². The number of hydrogen-bond donors (Lipinski definition) is 0. The first-order chi connectivity index (χ1) is 8.06. The topological polar surface area (TPSA) is 109 Å². The zero-order chi connectivity index (χ0) is 12.8. The SMILES string of the molecule is [N-]=[N+]=NCCC(=O)c1ccc(F)c([N+](=O)[O-])c1. The summed E-state index contributed by atoms with van der Waals surface area (Å²) in [5.41, 5.74) is 7.28. The van der Waals surface area contributed by atoms with Crippen LogP contribution in [0.4, 0.5) is 10.1 Å². The molecule has 0 saturated carbocycles. The van der Waals surface area contributed by atoms with Crippen molar-refractivity contribution in [3.05, 3.63) is 50.1 Å². The van der Waals surface area contributed by atoms with Gasteiger partial charge >= 0.3 is 5.69 Å². The third-order valence-electron chi connectivity index (χ3n) is 1.97. The highest BCUT2D eigenvalue weighted by molar-refractivity contribution is 5.96. The second-order valence-corrected chi connectivity index (χ2v) is 3.05. The number of ketones is 1. The summed E-state index contributed by atoms with van der Waals surface area (Å²) in [6, 6.07) is 2.88. The van der Waals surface area contributed by atoms with Crippen LogP contribution < -0.4 is 0 Å². The van der Waals surface area contributed by atoms with Crippen LogP contribution in [-0.4, -0.2) is 17.3 Å². The van der Waals surface area contributed by atoms with Crippen LogP contribution in [-0.2, 0) is 0 Å². The molecule has 0 heterocycles. The summed E-state index contributed by atoms with van der Waals surface area (Å²) >= 11 is 0. The Labute approximate surface area is 94.6 Å². The van der Waals surface area contributed by atoms with Crippen LogP contribution in [0.1, 0.15) is 16.8 Å². The van der Waals surface area contributed by atoms with Gasteiger partial charge in [0.25, 0.3) is 0 Å². The monoisotopic (exact) mass is 238 g/mol. The van der Waals surface area contributed by atoms with Gasteiger partial charge in [-0.1, -0.05) is 5.11 Å². The first kappa shape index (κ1) is 12.6. The first-order valence-corrected chi connectivity index (χ1v) is 4.54. The van der Waals surface area contributed by atoms with Crippen molar-refractivity contribution in [2.24, 2.45) is 5.11 Å². The highest BCUT2D eigenvalue weighted by atomic mass is 19.1. The van der Waals surface area contributed by atoms with Crippen LogP contribution in [0.2, 0.25) is 0 Å². The molecule has 0 unspecified atom stereocenters. The maximum absolute atomic E-state index is 13.0. The third-order valence-corrected chi connectivity index (χ3v) is 1.97. The van der Waals surface area contributed by atoms with E-state index in [-0.39, 0.29) is 18.5 Å². The van der Waals surface area contributed by atoms with Gasteiger partial charge in [-0.3, -0.25) is 14.9 Å². The quantitative estimate of drug-likeness (QED) is 0.196. The summed E-state index contributed by atoms with van der Waals surface area (Å²) < 4.78 is 13.0. The molecule has 8 heteroatoms. The average Bonchev–Trinajstić information content (AvgIpc) is 2.29. The second-order valence-electron chi connectivity index (χ2n) is 3.05. The normalized spacial score (nSPS) is 9.47. The Morgan fingerprint density at radius 1 is 1.59 bits per heavy atom. The van der Waals surface area contributed by atoms with Crippen LogP contribution in [0.3, 0.4) is 0 Å². The molecule has 0 atom stereocenters. The van der Waals surface area contributed by atoms with Crippen molar-refractivity contribution in [2.45, 2.75) is 6.42 Å². The van der Waals surface area contributed by atoms with Gasteiger partial charge in [0.1, 0.15) is 0 Å². The molecule has 0 radical (unpaired) electrons. The number of hydrogen-bond acceptors (Lipinski definition) is 4. The fourth-order valence-electron chi connectivity index (χ4n) is 1.17. The van der Waals surface area contributed by atoms with E-state index in [0.717, 1.165) is 18.2 Å². The lowest BCUT2D eigenvalue weighted by Crippen LogP contribution is -2.03. The Kier molecular flexibility index (Phi) is 4.13. The molecule has 0 fully saturated rings. The number of Topliss-reactive ketones (excluding diaryl/α,β-unsaturated/α-hetero) is 1. The summed E-state index contributed by atoms with van der Waals surface area (Å²) in [5, 5.41) is 13.6. The molecule has 88 valence electrons. The highest BCUT2D eigenvalue weighted by Gasteiger charge is 2.16. The van der Waals surface area contributed by atoms with E-state index in [1.54, 1.807) is 0 Å². The number of benzene rings is 1. The predicted molar refractivity (Wildman–Crippen MR) is 56.0 cm³/mol. The lowest BCUT2D eigenvalue weighted by Gasteiger charge is -1.99. The van der Waals surface area contributed by atoms with Crippen molar-refractivity contribution in [1.82, 2.24) is 0 Å². The van der Waals surface area contributed by atoms with Crippen LogP contribution in [0, 0.1) is 15.9 Å². The number of rotatable bonds is 5. The Morgan fingerprint density at radius 2 is 2.29 bits per heavy atom. The molecule has 0 aliphatic heterocycles. The largest absolute Gasteiger partial charge is 0.305 e. The van der Waals surface area contributed by atoms with Crippen molar-refractivity contribution in [3.8, 4) is 0 Å². The predicted octanol–water partition coefficient (Wildman–Crippen LogP) is 2.62. The maximum atomic E-state index is 13.0. The molecule has 0 amide bonds. The van der Waals surface area contributed by atoms with Gasteiger partial charge in [-0.05, 0) is 17.7 Å². The number of nitro benzene ring substituents is 1. The van der Waals surface area contributed by atoms with Gasteiger partial charge in [-0.25, -0.2) is 0 Å². The van der Waals surface area contributed by atoms with Gasteiger partial charge < -0.3 is 0 Å². The Bertz CT molecular complexity index is 511. The number of carbonyl (C=O) groups is 1. The number of azide groups is 1. The minimum atomic E-state index is -0.999. The van der Waals surface area contributed by atoms with Crippen molar-refractivity contribution < 1.29 is 14.1 Å². The molecule has 1 rings (SSSR count). The fourth-order valence-corrected chi connectivity index (χ4v) is 1.17. The molecule has 1 aromatic rings. The lowest BCUT2D eigenvalue weighted by molar-refractivity contribution is -0.387. The summed E-state index contributed by atoms with van der Waals surface area (Å²) in [7, 11) is 0. The van der Waals surface area contributed by atoms with E-state index in [1.807, 2.05) is 0 Å². The molecule has 0 saturated heterocycles. The molecule has 0 aliphatic rings. The van der Waals surface area contributed by atoms with Gasteiger partial charge in [0, 0.05) is 29.5 Å². The summed E-state index contributed by atoms with van der Waals surface area (Å²) in [4.78, 5) is 23.5. The fraction of sp³-hybridized carbons (Fsp3) is 0.222. The standard InChI is InChI=1S/C9H7FN4O3/c10-7-2-1-6(5-8(7)14(16)17)9(15)3-4-12-13-11/h1-2,5H,3-4H2. The molecule has 0 N–H and O–H groups in total. The van der Waals surface area contributed by atoms with Gasteiger partial charge in [0.2, 0.25) is 5.82 Å². The van der Waals surface area contributed by atoms with Gasteiger partial charge in [-0.15, -0.1) is 0 Å². The lowest BCUT2D eigenvalue weighted by atomic mass is 10.1. The van der Waals surface area contributed by atoms with E-state index in [4.69, 9.17) is 5.53 Å². The Hall–Kier alpha value is -2.47. The molecular formula is C9H7FN4O3. The molecule has 17 heavy (non-hydrogen) atoms. The van der Waals surface area contributed by atoms with Gasteiger partial charge in [0.15, 0.2) is 5.78 Å². The van der Waals surface area contributed by atoms with Crippen molar-refractivity contribution >= 4 is 11.5 Å². The minimum absolute atomic E-state index is 0.0197. The molecule has 0 spiro atoms. The van der Waals surface area contributed by atoms with Crippen LogP contribution in [0.25, 0.3) is 10.4 Å². The van der Waals surface area contributed by atoms with Crippen LogP contribution >= 0.6 is 0 Å². The van der Waals surface area contributed by atoms with E-state index in [2.05, 4.69) is 10.0 Å². The Balaban J connectivity index is 2.91. The van der Waals surface area contributed by atoms with Crippen molar-refractivity contribution in [1.29, 1.82) is 0 Å². The Morgan fingerprint density at radius 3 is 2.88 bits per heavy atom. The molecule has 0 bridgehead atoms. The third kappa shape index (κ3) is 3.25. The highest BCUT2D eigenvalue weighted by Crippen LogP contribution is 2.19. The molecule has 0 aliphatic carbocycles. The molecule has 1 aromatic carbocycles. The van der Waals surface area contributed by atoms with Gasteiger partial charge in [0.05, 0.1) is 4.92 Å². The maximum Gasteiger partial charge on any atom is 0.305 e. The summed E-state index contributed by atoms with van der Waals surface area (Å²) in [6.07, 6.45) is -0.0765. The van der Waals surface area contributed by atoms with Gasteiger partial charge in [-0.2, -0.15) is 4.39 Å². The van der Waals surface area contributed by atoms with Crippen LogP contribution in [0.15, 0.2) is 23.3 Å². The smallest absolute Gasteiger partial charge is 0.294 e. The number of carbonyl (C=O) groups excluding carboxylic acids is 1. The van der Waals surface area contributed by atoms with E-state index in [9.17, 15) is 19.3 Å². The van der Waals surface area contributed by atoms with E-state index in [1.165, 1.54) is 0 Å². The number of nitro groups is 1. The summed E-state index contributed by atoms with van der Waals surface area (Å²) in [6.45, 7) is -0.0412. The second kappa shape index (κ2) is 5.57.